The van der Waals surface area contributed by atoms with Crippen LogP contribution in [0.25, 0.3) is 188 Å². The zero-order valence-electron chi connectivity index (χ0n) is 51.1. The van der Waals surface area contributed by atoms with Crippen LogP contribution in [0.15, 0.2) is 340 Å². The van der Waals surface area contributed by atoms with Gasteiger partial charge in [-0.05, 0) is 152 Å². The SMILES string of the molecule is c1ccc(-c2cc(-c3ccccc3)nc(-c3ccc(-c4nc(-c5ccc(-c6cc(-c7ccccc7)nc(-c7ccccc7)c6)cc5)nc5c(-c6ccc7c8ccccc8c8ccccc8c7c6)cc(-c6ccc7c8ccccc8c8ccccc8c7c6)cc45)cc3)c2)cc1. The number of benzene rings is 15. The minimum absolute atomic E-state index is 0.628. The Morgan fingerprint density at radius 1 is 0.149 bits per heavy atom. The van der Waals surface area contributed by atoms with Crippen LogP contribution in [-0.4, -0.2) is 19.9 Å². The number of nitrogens with zero attached hydrogens (tertiary/aromatic N) is 4. The lowest BCUT2D eigenvalue weighted by Gasteiger charge is -2.17. The number of pyridine rings is 2. The first-order valence-electron chi connectivity index (χ1n) is 32.1. The van der Waals surface area contributed by atoms with Crippen molar-refractivity contribution in [2.45, 2.75) is 0 Å². The highest BCUT2D eigenvalue weighted by Gasteiger charge is 2.22. The van der Waals surface area contributed by atoms with Crippen molar-refractivity contribution in [2.75, 3.05) is 0 Å². The summed E-state index contributed by atoms with van der Waals surface area (Å²) in [7, 11) is 0. The standard InChI is InChI=1S/C90H56N4/c1-5-21-57(22-6-1)68-53-84(59-23-7-2-8-24-59)92-87(54-68)62-39-41-63(42-40-62)88-83-52-67(65-45-47-78-74-33-15-13-29-70(74)72-31-17-19-35-76(72)81(78)49-65)51-80(66-46-48-79-75-34-16-14-30-71(75)73-32-18-20-36-77(73)82(79)50-66)89(83)94-90(93-88)64-43-37-58(38-44-64)69-55-85(60-25-9-3-10-26-60)91-86(56-69)61-27-11-4-12-28-61/h1-56H. The molecule has 0 aliphatic heterocycles. The van der Waals surface area contributed by atoms with Gasteiger partial charge in [-0.25, -0.2) is 19.9 Å². The second kappa shape index (κ2) is 22.8. The van der Waals surface area contributed by atoms with Crippen LogP contribution in [0.4, 0.5) is 0 Å². The van der Waals surface area contributed by atoms with Crippen molar-refractivity contribution >= 4 is 75.5 Å². The Balaban J connectivity index is 0.871. The second-order valence-corrected chi connectivity index (χ2v) is 24.4. The first-order valence-corrected chi connectivity index (χ1v) is 32.1. The van der Waals surface area contributed by atoms with E-state index >= 15 is 0 Å². The van der Waals surface area contributed by atoms with E-state index in [1.54, 1.807) is 0 Å². The summed E-state index contributed by atoms with van der Waals surface area (Å²) in [6.45, 7) is 0. The Morgan fingerprint density at radius 2 is 0.436 bits per heavy atom. The zero-order chi connectivity index (χ0) is 62.1. The van der Waals surface area contributed by atoms with Gasteiger partial charge in [0.05, 0.1) is 34.0 Å². The van der Waals surface area contributed by atoms with Crippen molar-refractivity contribution in [3.8, 4) is 112 Å². The fraction of sp³-hybridized carbons (Fsp3) is 0. The summed E-state index contributed by atoms with van der Waals surface area (Å²) in [5.74, 6) is 0.628. The van der Waals surface area contributed by atoms with Crippen LogP contribution in [-0.2, 0) is 0 Å². The number of rotatable bonds is 10. The minimum Gasteiger partial charge on any atom is -0.248 e. The predicted octanol–water partition coefficient (Wildman–Crippen LogP) is 24.0. The summed E-state index contributed by atoms with van der Waals surface area (Å²) in [5.41, 5.74) is 20.0. The molecule has 0 fully saturated rings. The maximum Gasteiger partial charge on any atom is 0.160 e. The molecule has 15 aromatic carbocycles. The first kappa shape index (κ1) is 54.4. The largest absolute Gasteiger partial charge is 0.248 e. The molecule has 18 rings (SSSR count). The summed E-state index contributed by atoms with van der Waals surface area (Å²) in [6, 6.07) is 122. The molecule has 3 heterocycles. The van der Waals surface area contributed by atoms with Crippen LogP contribution in [0.1, 0.15) is 0 Å². The Morgan fingerprint density at radius 3 is 0.872 bits per heavy atom. The lowest BCUT2D eigenvalue weighted by molar-refractivity contribution is 1.23. The molecule has 3 aromatic heterocycles. The molecule has 94 heavy (non-hydrogen) atoms. The van der Waals surface area contributed by atoms with Crippen LogP contribution < -0.4 is 0 Å². The number of aromatic nitrogens is 4. The van der Waals surface area contributed by atoms with E-state index in [0.717, 1.165) is 117 Å². The normalized spacial score (nSPS) is 11.6. The summed E-state index contributed by atoms with van der Waals surface area (Å²) < 4.78 is 0. The maximum absolute atomic E-state index is 5.78. The van der Waals surface area contributed by atoms with E-state index in [0.29, 0.717) is 5.82 Å². The molecular weight excluding hydrogens is 1140 g/mol. The molecule has 18 aromatic rings. The monoisotopic (exact) mass is 1190 g/mol. The Labute approximate surface area is 544 Å². The van der Waals surface area contributed by atoms with Gasteiger partial charge < -0.3 is 0 Å². The molecule has 4 heteroatoms. The average Bonchev–Trinajstić information content (AvgIpc) is 0.747. The highest BCUT2D eigenvalue weighted by Crippen LogP contribution is 2.45. The molecule has 0 saturated carbocycles. The molecule has 0 radical (unpaired) electrons. The molecule has 0 bridgehead atoms. The van der Waals surface area contributed by atoms with Gasteiger partial charge in [-0.15, -0.1) is 0 Å². The van der Waals surface area contributed by atoms with Gasteiger partial charge in [0.15, 0.2) is 5.82 Å². The van der Waals surface area contributed by atoms with Crippen LogP contribution >= 0.6 is 0 Å². The Hall–Kier alpha value is -12.5. The van der Waals surface area contributed by atoms with Crippen molar-refractivity contribution in [3.63, 3.8) is 0 Å². The van der Waals surface area contributed by atoms with Crippen molar-refractivity contribution in [1.29, 1.82) is 0 Å². The quantitative estimate of drug-likeness (QED) is 0.128. The third-order valence-electron chi connectivity index (χ3n) is 18.8. The average molecular weight is 1190 g/mol. The topological polar surface area (TPSA) is 51.6 Å². The Bertz CT molecular complexity index is 5800. The molecule has 0 aliphatic rings. The summed E-state index contributed by atoms with van der Waals surface area (Å²) in [6.07, 6.45) is 0. The minimum atomic E-state index is 0.628. The molecule has 0 N–H and O–H groups in total. The molecule has 4 nitrogen and oxygen atoms in total. The molecule has 0 aliphatic carbocycles. The van der Waals surface area contributed by atoms with Gasteiger partial charge >= 0.3 is 0 Å². The molecule has 0 saturated heterocycles. The highest BCUT2D eigenvalue weighted by atomic mass is 14.9. The van der Waals surface area contributed by atoms with Crippen molar-refractivity contribution in [1.82, 2.24) is 19.9 Å². The van der Waals surface area contributed by atoms with Gasteiger partial charge in [0.1, 0.15) is 0 Å². The second-order valence-electron chi connectivity index (χ2n) is 24.4. The molecule has 0 spiro atoms. The van der Waals surface area contributed by atoms with Crippen molar-refractivity contribution < 1.29 is 0 Å². The predicted molar refractivity (Wildman–Crippen MR) is 395 cm³/mol. The van der Waals surface area contributed by atoms with Crippen LogP contribution in [0.2, 0.25) is 0 Å². The lowest BCUT2D eigenvalue weighted by atomic mass is 9.88. The van der Waals surface area contributed by atoms with Gasteiger partial charge in [-0.3, -0.25) is 0 Å². The van der Waals surface area contributed by atoms with Crippen molar-refractivity contribution in [2.24, 2.45) is 0 Å². The maximum atomic E-state index is 5.78. The lowest BCUT2D eigenvalue weighted by Crippen LogP contribution is -1.98. The van der Waals surface area contributed by atoms with E-state index in [1.165, 1.54) is 64.6 Å². The molecule has 436 valence electrons. The summed E-state index contributed by atoms with van der Waals surface area (Å²) in [4.78, 5) is 22.1. The van der Waals surface area contributed by atoms with E-state index in [1.807, 2.05) is 12.1 Å². The smallest absolute Gasteiger partial charge is 0.160 e. The van der Waals surface area contributed by atoms with Gasteiger partial charge in [-0.2, -0.15) is 0 Å². The van der Waals surface area contributed by atoms with Gasteiger partial charge in [0.2, 0.25) is 0 Å². The van der Waals surface area contributed by atoms with E-state index < -0.39 is 0 Å². The van der Waals surface area contributed by atoms with E-state index in [9.17, 15) is 0 Å². The van der Waals surface area contributed by atoms with Crippen LogP contribution in [0.5, 0.6) is 0 Å². The third-order valence-corrected chi connectivity index (χ3v) is 18.8. The van der Waals surface area contributed by atoms with Crippen LogP contribution in [0, 0.1) is 0 Å². The number of hydrogen-bond donors (Lipinski definition) is 0. The molecule has 0 amide bonds. The molecular formula is C90H56N4. The number of fused-ring (bicyclic) bond motifs is 13. The van der Waals surface area contributed by atoms with Gasteiger partial charge in [0, 0.05) is 44.3 Å². The molecule has 0 atom stereocenters. The fourth-order valence-corrected chi connectivity index (χ4v) is 14.2. The first-order chi connectivity index (χ1) is 46.6. The zero-order valence-corrected chi connectivity index (χ0v) is 51.1. The summed E-state index contributed by atoms with van der Waals surface area (Å²) in [5, 5.41) is 15.7. The van der Waals surface area contributed by atoms with E-state index in [2.05, 4.69) is 328 Å². The highest BCUT2D eigenvalue weighted by molar-refractivity contribution is 6.27. The Kier molecular flexibility index (Phi) is 13.2. The van der Waals surface area contributed by atoms with E-state index in [-0.39, 0.29) is 0 Å². The van der Waals surface area contributed by atoms with Crippen molar-refractivity contribution in [3.05, 3.63) is 340 Å². The number of hydrogen-bond acceptors (Lipinski definition) is 4. The summed E-state index contributed by atoms with van der Waals surface area (Å²) >= 11 is 0. The van der Waals surface area contributed by atoms with Gasteiger partial charge in [0.25, 0.3) is 0 Å². The molecule has 0 unspecified atom stereocenters. The third kappa shape index (κ3) is 9.63. The van der Waals surface area contributed by atoms with Crippen LogP contribution in [0.3, 0.4) is 0 Å². The van der Waals surface area contributed by atoms with E-state index in [4.69, 9.17) is 19.9 Å². The fourth-order valence-electron chi connectivity index (χ4n) is 14.2. The van der Waals surface area contributed by atoms with Gasteiger partial charge in [-0.1, -0.05) is 291 Å².